The van der Waals surface area contributed by atoms with Crippen molar-refractivity contribution in [1.29, 1.82) is 0 Å². The summed E-state index contributed by atoms with van der Waals surface area (Å²) in [6.07, 6.45) is -2.81. The van der Waals surface area contributed by atoms with Crippen LogP contribution < -0.4 is 0 Å². The fraction of sp³-hybridized carbons (Fsp3) is 0.571. The highest BCUT2D eigenvalue weighted by molar-refractivity contribution is 7.86. The normalized spacial score (nSPS) is 30.3. The lowest BCUT2D eigenvalue weighted by atomic mass is 10.0. The van der Waals surface area contributed by atoms with Gasteiger partial charge in [0.1, 0.15) is 6.10 Å². The molecule has 1 aliphatic rings. The van der Waals surface area contributed by atoms with Gasteiger partial charge in [-0.3, -0.25) is 4.18 Å². The van der Waals surface area contributed by atoms with Crippen LogP contribution in [0.5, 0.6) is 0 Å². The van der Waals surface area contributed by atoms with Crippen molar-refractivity contribution >= 4 is 10.1 Å². The first-order valence-corrected chi connectivity index (χ1v) is 8.10. The van der Waals surface area contributed by atoms with Crippen LogP contribution in [-0.2, 0) is 23.8 Å². The van der Waals surface area contributed by atoms with Crippen LogP contribution in [0.2, 0.25) is 0 Å². The van der Waals surface area contributed by atoms with Gasteiger partial charge in [-0.1, -0.05) is 17.7 Å². The quantitative estimate of drug-likeness (QED) is 0.841. The molecule has 1 aliphatic heterocycles. The van der Waals surface area contributed by atoms with Crippen molar-refractivity contribution in [2.24, 2.45) is 0 Å². The highest BCUT2D eigenvalue weighted by atomic mass is 32.2. The van der Waals surface area contributed by atoms with Crippen LogP contribution >= 0.6 is 0 Å². The first kappa shape index (κ1) is 16.4. The molecule has 1 heterocycles. The SMILES string of the molecule is CO[C@H]1O[C@H](C)[C@@H](O)C[C@H]1OS(=O)(=O)c1ccc(C)cc1. The fourth-order valence-corrected chi connectivity index (χ4v) is 3.22. The van der Waals surface area contributed by atoms with Crippen molar-refractivity contribution < 1.29 is 27.2 Å². The second-order valence-corrected chi connectivity index (χ2v) is 6.72. The standard InChI is InChI=1S/C14H20O6S/c1-9-4-6-11(7-5-9)21(16,17)20-13-8-12(15)10(2)19-14(13)18-3/h4-7,10,12-15H,8H2,1-3H3/t10-,12+,13-,14+/m1/s1. The molecule has 2 rings (SSSR count). The number of methoxy groups -OCH3 is 1. The van der Waals surface area contributed by atoms with E-state index >= 15 is 0 Å². The summed E-state index contributed by atoms with van der Waals surface area (Å²) in [6.45, 7) is 3.56. The average Bonchev–Trinajstić information content (AvgIpc) is 2.42. The Labute approximate surface area is 124 Å². The van der Waals surface area contributed by atoms with Crippen molar-refractivity contribution in [2.75, 3.05) is 7.11 Å². The Kier molecular flexibility index (Phi) is 5.00. The Morgan fingerprint density at radius 3 is 2.48 bits per heavy atom. The Hall–Kier alpha value is -0.990. The second-order valence-electron chi connectivity index (χ2n) is 5.15. The lowest BCUT2D eigenvalue weighted by molar-refractivity contribution is -0.245. The molecule has 0 unspecified atom stereocenters. The van der Waals surface area contributed by atoms with Gasteiger partial charge in [-0.25, -0.2) is 0 Å². The zero-order valence-electron chi connectivity index (χ0n) is 12.2. The molecule has 1 N–H and O–H groups in total. The maximum absolute atomic E-state index is 12.2. The van der Waals surface area contributed by atoms with Gasteiger partial charge in [-0.15, -0.1) is 0 Å². The summed E-state index contributed by atoms with van der Waals surface area (Å²) in [5.41, 5.74) is 0.953. The molecule has 1 aromatic rings. The van der Waals surface area contributed by atoms with E-state index in [4.69, 9.17) is 13.7 Å². The summed E-state index contributed by atoms with van der Waals surface area (Å²) in [5, 5.41) is 9.81. The second kappa shape index (κ2) is 6.41. The van der Waals surface area contributed by atoms with Crippen LogP contribution in [0.1, 0.15) is 18.9 Å². The van der Waals surface area contributed by atoms with Gasteiger partial charge in [0.25, 0.3) is 10.1 Å². The maximum Gasteiger partial charge on any atom is 0.297 e. The van der Waals surface area contributed by atoms with E-state index in [1.165, 1.54) is 19.2 Å². The molecule has 0 radical (unpaired) electrons. The summed E-state index contributed by atoms with van der Waals surface area (Å²) < 4.78 is 40.2. The summed E-state index contributed by atoms with van der Waals surface area (Å²) in [7, 11) is -2.53. The maximum atomic E-state index is 12.2. The van der Waals surface area contributed by atoms with Crippen molar-refractivity contribution in [3.8, 4) is 0 Å². The molecule has 6 nitrogen and oxygen atoms in total. The van der Waals surface area contributed by atoms with Gasteiger partial charge >= 0.3 is 0 Å². The van der Waals surface area contributed by atoms with Gasteiger partial charge in [-0.2, -0.15) is 8.42 Å². The number of aryl methyl sites for hydroxylation is 1. The van der Waals surface area contributed by atoms with Crippen LogP contribution in [0, 0.1) is 6.92 Å². The van der Waals surface area contributed by atoms with Crippen LogP contribution in [0.4, 0.5) is 0 Å². The molecule has 0 saturated carbocycles. The molecule has 1 fully saturated rings. The van der Waals surface area contributed by atoms with Gasteiger partial charge in [0.05, 0.1) is 17.1 Å². The van der Waals surface area contributed by atoms with Crippen molar-refractivity contribution in [3.05, 3.63) is 29.8 Å². The van der Waals surface area contributed by atoms with E-state index in [9.17, 15) is 13.5 Å². The zero-order chi connectivity index (χ0) is 15.6. The first-order valence-electron chi connectivity index (χ1n) is 6.70. The molecule has 0 bridgehead atoms. The average molecular weight is 316 g/mol. The minimum absolute atomic E-state index is 0.0658. The third-order valence-electron chi connectivity index (χ3n) is 3.46. The van der Waals surface area contributed by atoms with E-state index in [1.54, 1.807) is 19.1 Å². The molecule has 4 atom stereocenters. The smallest absolute Gasteiger partial charge is 0.297 e. The highest BCUT2D eigenvalue weighted by Gasteiger charge is 2.39. The van der Waals surface area contributed by atoms with Crippen molar-refractivity contribution in [3.63, 3.8) is 0 Å². The molecule has 0 amide bonds. The third-order valence-corrected chi connectivity index (χ3v) is 4.81. The number of rotatable bonds is 4. The number of aliphatic hydroxyl groups excluding tert-OH is 1. The Balaban J connectivity index is 2.16. The highest BCUT2D eigenvalue weighted by Crippen LogP contribution is 2.26. The molecule has 0 aromatic heterocycles. The predicted octanol–water partition coefficient (Wildman–Crippen LogP) is 1.21. The number of aliphatic hydroxyl groups is 1. The van der Waals surface area contributed by atoms with Gasteiger partial charge in [0.2, 0.25) is 0 Å². The Morgan fingerprint density at radius 1 is 1.29 bits per heavy atom. The summed E-state index contributed by atoms with van der Waals surface area (Å²) in [5.74, 6) is 0. The number of hydrogen-bond acceptors (Lipinski definition) is 6. The zero-order valence-corrected chi connectivity index (χ0v) is 13.0. The van der Waals surface area contributed by atoms with Crippen molar-refractivity contribution in [2.45, 2.75) is 49.8 Å². The van der Waals surface area contributed by atoms with Gasteiger partial charge in [0, 0.05) is 13.5 Å². The lowest BCUT2D eigenvalue weighted by Crippen LogP contribution is -2.48. The summed E-state index contributed by atoms with van der Waals surface area (Å²) in [4.78, 5) is 0.0658. The van der Waals surface area contributed by atoms with E-state index in [0.29, 0.717) is 0 Å². The molecule has 0 aliphatic carbocycles. The molecule has 1 aromatic carbocycles. The van der Waals surface area contributed by atoms with Gasteiger partial charge in [-0.05, 0) is 26.0 Å². The minimum atomic E-state index is -3.93. The number of benzene rings is 1. The molecule has 118 valence electrons. The van der Waals surface area contributed by atoms with Crippen LogP contribution in [0.25, 0.3) is 0 Å². The molecule has 0 spiro atoms. The first-order chi connectivity index (χ1) is 9.83. The summed E-state index contributed by atoms with van der Waals surface area (Å²) >= 11 is 0. The largest absolute Gasteiger partial charge is 0.390 e. The Bertz CT molecular complexity index is 568. The monoisotopic (exact) mass is 316 g/mol. The topological polar surface area (TPSA) is 82.1 Å². The minimum Gasteiger partial charge on any atom is -0.390 e. The number of hydrogen-bond donors (Lipinski definition) is 1. The lowest BCUT2D eigenvalue weighted by Gasteiger charge is -2.36. The van der Waals surface area contributed by atoms with E-state index in [-0.39, 0.29) is 11.3 Å². The molecule has 1 saturated heterocycles. The van der Waals surface area contributed by atoms with E-state index in [1.807, 2.05) is 6.92 Å². The third kappa shape index (κ3) is 3.81. The Morgan fingerprint density at radius 2 is 1.90 bits per heavy atom. The fourth-order valence-electron chi connectivity index (χ4n) is 2.15. The van der Waals surface area contributed by atoms with Crippen LogP contribution in [-0.4, -0.2) is 45.2 Å². The molecule has 7 heteroatoms. The molecular weight excluding hydrogens is 296 g/mol. The molecule has 21 heavy (non-hydrogen) atoms. The van der Waals surface area contributed by atoms with Crippen LogP contribution in [0.3, 0.4) is 0 Å². The summed E-state index contributed by atoms with van der Waals surface area (Å²) in [6, 6.07) is 6.35. The van der Waals surface area contributed by atoms with E-state index in [2.05, 4.69) is 0 Å². The predicted molar refractivity (Wildman–Crippen MR) is 75.2 cm³/mol. The van der Waals surface area contributed by atoms with Gasteiger partial charge in [0.15, 0.2) is 6.29 Å². The van der Waals surface area contributed by atoms with Gasteiger partial charge < -0.3 is 14.6 Å². The van der Waals surface area contributed by atoms with E-state index < -0.39 is 34.7 Å². The van der Waals surface area contributed by atoms with Crippen LogP contribution in [0.15, 0.2) is 29.2 Å². The van der Waals surface area contributed by atoms with Crippen molar-refractivity contribution in [1.82, 2.24) is 0 Å². The number of ether oxygens (including phenoxy) is 2. The molecular formula is C14H20O6S. The van der Waals surface area contributed by atoms with E-state index in [0.717, 1.165) is 5.56 Å².